The number of hydrogen-bond acceptors (Lipinski definition) is 2. The first-order valence-electron chi connectivity index (χ1n) is 5.24. The summed E-state index contributed by atoms with van der Waals surface area (Å²) in [6.07, 6.45) is 1.68. The zero-order valence-corrected chi connectivity index (χ0v) is 10.3. The molecule has 1 rings (SSSR count). The van der Waals surface area contributed by atoms with E-state index in [-0.39, 0.29) is 5.91 Å². The third kappa shape index (κ3) is 4.53. The summed E-state index contributed by atoms with van der Waals surface area (Å²) in [7, 11) is 0. The molecule has 0 fully saturated rings. The number of thioether (sulfide) groups is 1. The number of nitrogens with one attached hydrogen (secondary N) is 1. The molecule has 1 N–H and O–H groups in total. The Morgan fingerprint density at radius 2 is 2.25 bits per heavy atom. The Labute approximate surface area is 101 Å². The van der Waals surface area contributed by atoms with E-state index in [1.807, 2.05) is 12.1 Å². The standard InChI is InChI=1S/C13H17NOS/c1-3-8-14-13(15)10-16-9-12-7-5-4-6-11(12)2/h3-7H,1,8-10H2,2H3,(H,14,15). The Balaban J connectivity index is 2.28. The first-order chi connectivity index (χ1) is 7.74. The molecule has 0 radical (unpaired) electrons. The zero-order valence-electron chi connectivity index (χ0n) is 9.53. The summed E-state index contributed by atoms with van der Waals surface area (Å²) < 4.78 is 0. The SMILES string of the molecule is C=CCNC(=O)CSCc1ccccc1C. The van der Waals surface area contributed by atoms with Gasteiger partial charge < -0.3 is 5.32 Å². The van der Waals surface area contributed by atoms with Gasteiger partial charge in [-0.3, -0.25) is 4.79 Å². The first kappa shape index (κ1) is 12.8. The van der Waals surface area contributed by atoms with Gasteiger partial charge in [0.15, 0.2) is 0 Å². The van der Waals surface area contributed by atoms with Gasteiger partial charge >= 0.3 is 0 Å². The van der Waals surface area contributed by atoms with Crippen molar-refractivity contribution in [2.45, 2.75) is 12.7 Å². The van der Waals surface area contributed by atoms with Crippen molar-refractivity contribution < 1.29 is 4.79 Å². The quantitative estimate of drug-likeness (QED) is 0.768. The maximum atomic E-state index is 11.3. The lowest BCUT2D eigenvalue weighted by molar-refractivity contribution is -0.118. The molecule has 1 aromatic carbocycles. The van der Waals surface area contributed by atoms with Crippen molar-refractivity contribution >= 4 is 17.7 Å². The van der Waals surface area contributed by atoms with Gasteiger partial charge in [0, 0.05) is 12.3 Å². The molecule has 1 amide bonds. The van der Waals surface area contributed by atoms with E-state index in [0.717, 1.165) is 5.75 Å². The van der Waals surface area contributed by atoms with Crippen molar-refractivity contribution in [3.63, 3.8) is 0 Å². The molecule has 0 aliphatic rings. The van der Waals surface area contributed by atoms with Crippen LogP contribution in [0.1, 0.15) is 11.1 Å². The lowest BCUT2D eigenvalue weighted by Gasteiger charge is -2.05. The van der Waals surface area contributed by atoms with Crippen LogP contribution in [0.3, 0.4) is 0 Å². The van der Waals surface area contributed by atoms with Gasteiger partial charge in [0.25, 0.3) is 0 Å². The number of hydrogen-bond donors (Lipinski definition) is 1. The fraction of sp³-hybridized carbons (Fsp3) is 0.308. The van der Waals surface area contributed by atoms with Gasteiger partial charge in [-0.1, -0.05) is 30.3 Å². The van der Waals surface area contributed by atoms with Gasteiger partial charge in [-0.25, -0.2) is 0 Å². The summed E-state index contributed by atoms with van der Waals surface area (Å²) in [5.74, 6) is 1.45. The number of carbonyl (C=O) groups is 1. The van der Waals surface area contributed by atoms with Crippen molar-refractivity contribution in [3.8, 4) is 0 Å². The van der Waals surface area contributed by atoms with Crippen molar-refractivity contribution in [1.29, 1.82) is 0 Å². The molecule has 0 aliphatic heterocycles. The number of rotatable bonds is 6. The van der Waals surface area contributed by atoms with Crippen LogP contribution in [0.5, 0.6) is 0 Å². The highest BCUT2D eigenvalue weighted by Gasteiger charge is 2.01. The molecule has 0 heterocycles. The molecule has 16 heavy (non-hydrogen) atoms. The summed E-state index contributed by atoms with van der Waals surface area (Å²) in [5.41, 5.74) is 2.57. The molecular weight excluding hydrogens is 218 g/mol. The molecule has 0 saturated carbocycles. The second kappa shape index (κ2) is 7.12. The lowest BCUT2D eigenvalue weighted by Crippen LogP contribution is -2.24. The average Bonchev–Trinajstić information content (AvgIpc) is 2.29. The van der Waals surface area contributed by atoms with E-state index in [1.165, 1.54) is 11.1 Å². The number of aryl methyl sites for hydroxylation is 1. The van der Waals surface area contributed by atoms with E-state index in [0.29, 0.717) is 12.3 Å². The normalized spacial score (nSPS) is 9.81. The second-order valence-electron chi connectivity index (χ2n) is 3.51. The fourth-order valence-corrected chi connectivity index (χ4v) is 2.20. The molecule has 86 valence electrons. The maximum Gasteiger partial charge on any atom is 0.230 e. The minimum Gasteiger partial charge on any atom is -0.352 e. The van der Waals surface area contributed by atoms with Crippen LogP contribution >= 0.6 is 11.8 Å². The molecular formula is C13H17NOS. The van der Waals surface area contributed by atoms with Crippen LogP contribution in [-0.2, 0) is 10.5 Å². The Morgan fingerprint density at radius 3 is 2.94 bits per heavy atom. The summed E-state index contributed by atoms with van der Waals surface area (Å²) in [6, 6.07) is 8.25. The molecule has 0 saturated heterocycles. The molecule has 3 heteroatoms. The highest BCUT2D eigenvalue weighted by Crippen LogP contribution is 2.15. The van der Waals surface area contributed by atoms with Gasteiger partial charge in [0.05, 0.1) is 5.75 Å². The lowest BCUT2D eigenvalue weighted by atomic mass is 10.1. The third-order valence-electron chi connectivity index (χ3n) is 2.20. The van der Waals surface area contributed by atoms with Crippen molar-refractivity contribution in [3.05, 3.63) is 48.0 Å². The van der Waals surface area contributed by atoms with Crippen molar-refractivity contribution in [2.24, 2.45) is 0 Å². The van der Waals surface area contributed by atoms with E-state index in [1.54, 1.807) is 17.8 Å². The van der Waals surface area contributed by atoms with Gasteiger partial charge in [0.1, 0.15) is 0 Å². The van der Waals surface area contributed by atoms with Gasteiger partial charge in [0.2, 0.25) is 5.91 Å². The number of benzene rings is 1. The van der Waals surface area contributed by atoms with Crippen LogP contribution in [0, 0.1) is 6.92 Å². The largest absolute Gasteiger partial charge is 0.352 e. The Morgan fingerprint density at radius 1 is 1.50 bits per heavy atom. The monoisotopic (exact) mass is 235 g/mol. The highest BCUT2D eigenvalue weighted by molar-refractivity contribution is 7.99. The number of amides is 1. The van der Waals surface area contributed by atoms with E-state index in [4.69, 9.17) is 0 Å². The van der Waals surface area contributed by atoms with Crippen molar-refractivity contribution in [1.82, 2.24) is 5.32 Å². The topological polar surface area (TPSA) is 29.1 Å². The second-order valence-corrected chi connectivity index (χ2v) is 4.50. The zero-order chi connectivity index (χ0) is 11.8. The summed E-state index contributed by atoms with van der Waals surface area (Å²) >= 11 is 1.63. The van der Waals surface area contributed by atoms with Crippen LogP contribution in [0.4, 0.5) is 0 Å². The van der Waals surface area contributed by atoms with E-state index >= 15 is 0 Å². The van der Waals surface area contributed by atoms with Crippen LogP contribution in [0.2, 0.25) is 0 Å². The third-order valence-corrected chi connectivity index (χ3v) is 3.18. The average molecular weight is 235 g/mol. The van der Waals surface area contributed by atoms with Gasteiger partial charge in [-0.15, -0.1) is 18.3 Å². The molecule has 0 aromatic heterocycles. The molecule has 0 bridgehead atoms. The predicted molar refractivity (Wildman–Crippen MR) is 70.5 cm³/mol. The van der Waals surface area contributed by atoms with Crippen LogP contribution in [0.15, 0.2) is 36.9 Å². The van der Waals surface area contributed by atoms with Crippen LogP contribution in [0.25, 0.3) is 0 Å². The summed E-state index contributed by atoms with van der Waals surface area (Å²) in [5, 5.41) is 2.76. The molecule has 0 atom stereocenters. The van der Waals surface area contributed by atoms with Crippen LogP contribution in [-0.4, -0.2) is 18.2 Å². The Hall–Kier alpha value is -1.22. The highest BCUT2D eigenvalue weighted by atomic mass is 32.2. The smallest absolute Gasteiger partial charge is 0.230 e. The maximum absolute atomic E-state index is 11.3. The summed E-state index contributed by atoms with van der Waals surface area (Å²) in [6.45, 7) is 6.19. The molecule has 0 aliphatic carbocycles. The van der Waals surface area contributed by atoms with E-state index in [2.05, 4.69) is 31.0 Å². The van der Waals surface area contributed by atoms with Gasteiger partial charge in [-0.05, 0) is 18.1 Å². The minimum absolute atomic E-state index is 0.0680. The van der Waals surface area contributed by atoms with Crippen LogP contribution < -0.4 is 5.32 Å². The number of carbonyl (C=O) groups excluding carboxylic acids is 1. The van der Waals surface area contributed by atoms with E-state index < -0.39 is 0 Å². The Kier molecular flexibility index (Phi) is 5.72. The van der Waals surface area contributed by atoms with Gasteiger partial charge in [-0.2, -0.15) is 0 Å². The van der Waals surface area contributed by atoms with Crippen molar-refractivity contribution in [2.75, 3.05) is 12.3 Å². The first-order valence-corrected chi connectivity index (χ1v) is 6.39. The molecule has 0 unspecified atom stereocenters. The molecule has 0 spiro atoms. The minimum atomic E-state index is 0.0680. The Bertz CT molecular complexity index is 363. The molecule has 2 nitrogen and oxygen atoms in total. The summed E-state index contributed by atoms with van der Waals surface area (Å²) in [4.78, 5) is 11.3. The fourth-order valence-electron chi connectivity index (χ4n) is 1.26. The van der Waals surface area contributed by atoms with E-state index in [9.17, 15) is 4.79 Å². The molecule has 1 aromatic rings. The predicted octanol–water partition coefficient (Wildman–Crippen LogP) is 2.53.